The summed E-state index contributed by atoms with van der Waals surface area (Å²) in [6.07, 6.45) is -0.221. The molecule has 0 spiro atoms. The lowest BCUT2D eigenvalue weighted by atomic mass is 10.1. The summed E-state index contributed by atoms with van der Waals surface area (Å²) in [5.41, 5.74) is 0. The number of aliphatic hydroxyl groups is 2. The standard InChI is InChI=1S/C6H14O2.CH2O3/c1-6(2-4-7)3-5-8;2-1(3)4/h6-8H,2-5H2,1H3;(H2,2,3,4). The number of carboxylic acid groups (broad SMARTS) is 2. The Morgan fingerprint density at radius 3 is 1.58 bits per heavy atom. The van der Waals surface area contributed by atoms with Gasteiger partial charge in [0.15, 0.2) is 0 Å². The van der Waals surface area contributed by atoms with Crippen molar-refractivity contribution >= 4 is 6.16 Å². The molecule has 0 aromatic carbocycles. The Balaban J connectivity index is 0. The molecule has 74 valence electrons. The van der Waals surface area contributed by atoms with Gasteiger partial charge in [-0.25, -0.2) is 4.79 Å². The Kier molecular flexibility index (Phi) is 11.7. The zero-order valence-electron chi connectivity index (χ0n) is 7.10. The van der Waals surface area contributed by atoms with E-state index in [1.165, 1.54) is 0 Å². The summed E-state index contributed by atoms with van der Waals surface area (Å²) >= 11 is 0. The maximum Gasteiger partial charge on any atom is 0.503 e. The minimum atomic E-state index is -1.83. The third kappa shape index (κ3) is 22.9. The van der Waals surface area contributed by atoms with E-state index in [2.05, 4.69) is 0 Å². The number of carbonyl (C=O) groups is 1. The Hall–Kier alpha value is -0.810. The lowest BCUT2D eigenvalue weighted by Crippen LogP contribution is -1.99. The Labute approximate surface area is 71.3 Å². The molecule has 12 heavy (non-hydrogen) atoms. The highest BCUT2D eigenvalue weighted by molar-refractivity contribution is 5.53. The van der Waals surface area contributed by atoms with E-state index >= 15 is 0 Å². The molecule has 0 aromatic rings. The van der Waals surface area contributed by atoms with Crippen molar-refractivity contribution in [3.63, 3.8) is 0 Å². The van der Waals surface area contributed by atoms with Gasteiger partial charge in [-0.15, -0.1) is 0 Å². The topological polar surface area (TPSA) is 98.0 Å². The van der Waals surface area contributed by atoms with Gasteiger partial charge in [0.2, 0.25) is 0 Å². The lowest BCUT2D eigenvalue weighted by molar-refractivity contribution is 0.137. The molecule has 0 heterocycles. The molecule has 4 N–H and O–H groups in total. The van der Waals surface area contributed by atoms with Gasteiger partial charge in [-0.2, -0.15) is 0 Å². The van der Waals surface area contributed by atoms with Crippen molar-refractivity contribution in [3.8, 4) is 0 Å². The summed E-state index contributed by atoms with van der Waals surface area (Å²) < 4.78 is 0. The highest BCUT2D eigenvalue weighted by atomic mass is 16.6. The minimum absolute atomic E-state index is 0.237. The summed E-state index contributed by atoms with van der Waals surface area (Å²) in [7, 11) is 0. The van der Waals surface area contributed by atoms with E-state index in [1.54, 1.807) is 0 Å². The second-order valence-electron chi connectivity index (χ2n) is 2.41. The fraction of sp³-hybridized carbons (Fsp3) is 0.857. The average molecular weight is 180 g/mol. The third-order valence-corrected chi connectivity index (χ3v) is 1.24. The molecule has 0 atom stereocenters. The summed E-state index contributed by atoms with van der Waals surface area (Å²) in [6, 6.07) is 0. The van der Waals surface area contributed by atoms with Crippen molar-refractivity contribution in [2.75, 3.05) is 13.2 Å². The predicted octanol–water partition coefficient (Wildman–Crippen LogP) is 0.610. The van der Waals surface area contributed by atoms with Crippen molar-refractivity contribution in [1.29, 1.82) is 0 Å². The van der Waals surface area contributed by atoms with E-state index in [4.69, 9.17) is 25.2 Å². The fourth-order valence-corrected chi connectivity index (χ4v) is 0.585. The summed E-state index contributed by atoms with van der Waals surface area (Å²) in [6.45, 7) is 2.49. The summed E-state index contributed by atoms with van der Waals surface area (Å²) in [5, 5.41) is 30.7. The van der Waals surface area contributed by atoms with Gasteiger partial charge in [-0.1, -0.05) is 6.92 Å². The van der Waals surface area contributed by atoms with Gasteiger partial charge in [-0.05, 0) is 18.8 Å². The smallest absolute Gasteiger partial charge is 0.450 e. The molecule has 0 saturated carbocycles. The van der Waals surface area contributed by atoms with Crippen LogP contribution in [0.5, 0.6) is 0 Å². The van der Waals surface area contributed by atoms with Crippen LogP contribution in [0.3, 0.4) is 0 Å². The van der Waals surface area contributed by atoms with E-state index in [9.17, 15) is 0 Å². The lowest BCUT2D eigenvalue weighted by Gasteiger charge is -2.04. The first-order valence-corrected chi connectivity index (χ1v) is 3.68. The second kappa shape index (κ2) is 10.2. The molecule has 0 bridgehead atoms. The zero-order chi connectivity index (χ0) is 9.98. The van der Waals surface area contributed by atoms with E-state index in [1.807, 2.05) is 6.92 Å². The normalized spacial score (nSPS) is 9.00. The van der Waals surface area contributed by atoms with Crippen molar-refractivity contribution in [2.24, 2.45) is 5.92 Å². The van der Waals surface area contributed by atoms with Crippen LogP contribution < -0.4 is 0 Å². The van der Waals surface area contributed by atoms with Gasteiger partial charge in [0.05, 0.1) is 0 Å². The Morgan fingerprint density at radius 1 is 1.17 bits per heavy atom. The van der Waals surface area contributed by atoms with Crippen LogP contribution in [-0.2, 0) is 0 Å². The molecule has 0 radical (unpaired) electrons. The molecule has 0 aliphatic rings. The number of hydrogen-bond donors (Lipinski definition) is 4. The van der Waals surface area contributed by atoms with Crippen molar-refractivity contribution < 1.29 is 25.2 Å². The molecule has 0 aliphatic heterocycles. The maximum atomic E-state index is 8.56. The van der Waals surface area contributed by atoms with Crippen molar-refractivity contribution in [1.82, 2.24) is 0 Å². The molecule has 5 nitrogen and oxygen atoms in total. The van der Waals surface area contributed by atoms with Gasteiger partial charge >= 0.3 is 6.16 Å². The first kappa shape index (κ1) is 13.8. The van der Waals surface area contributed by atoms with E-state index in [0.717, 1.165) is 12.8 Å². The number of aliphatic hydroxyl groups excluding tert-OH is 2. The molecule has 5 heteroatoms. The average Bonchev–Trinajstić information content (AvgIpc) is 1.87. The quantitative estimate of drug-likeness (QED) is 0.508. The molecule has 0 unspecified atom stereocenters. The first-order chi connectivity index (χ1) is 5.54. The number of hydrogen-bond acceptors (Lipinski definition) is 3. The fourth-order valence-electron chi connectivity index (χ4n) is 0.585. The second-order valence-corrected chi connectivity index (χ2v) is 2.41. The van der Waals surface area contributed by atoms with Crippen LogP contribution in [0.25, 0.3) is 0 Å². The van der Waals surface area contributed by atoms with Crippen LogP contribution in [0, 0.1) is 5.92 Å². The summed E-state index contributed by atoms with van der Waals surface area (Å²) in [5.74, 6) is 0.463. The highest BCUT2D eigenvalue weighted by Gasteiger charge is 1.97. The Bertz CT molecular complexity index is 94.0. The van der Waals surface area contributed by atoms with E-state index in [0.29, 0.717) is 5.92 Å². The molecule has 0 amide bonds. The van der Waals surface area contributed by atoms with Crippen LogP contribution in [0.2, 0.25) is 0 Å². The minimum Gasteiger partial charge on any atom is -0.450 e. The van der Waals surface area contributed by atoms with E-state index in [-0.39, 0.29) is 13.2 Å². The van der Waals surface area contributed by atoms with Crippen LogP contribution >= 0.6 is 0 Å². The third-order valence-electron chi connectivity index (χ3n) is 1.24. The van der Waals surface area contributed by atoms with Crippen LogP contribution in [-0.4, -0.2) is 39.8 Å². The first-order valence-electron chi connectivity index (χ1n) is 3.68. The van der Waals surface area contributed by atoms with Crippen molar-refractivity contribution in [2.45, 2.75) is 19.8 Å². The highest BCUT2D eigenvalue weighted by Crippen LogP contribution is 2.03. The molecule has 0 aromatic heterocycles. The molecule has 0 saturated heterocycles. The maximum absolute atomic E-state index is 8.56. The zero-order valence-corrected chi connectivity index (χ0v) is 7.10. The molecule has 0 rings (SSSR count). The molecule has 0 aliphatic carbocycles. The van der Waals surface area contributed by atoms with Crippen LogP contribution in [0.15, 0.2) is 0 Å². The van der Waals surface area contributed by atoms with Gasteiger partial charge < -0.3 is 20.4 Å². The largest absolute Gasteiger partial charge is 0.503 e. The van der Waals surface area contributed by atoms with E-state index < -0.39 is 6.16 Å². The monoisotopic (exact) mass is 180 g/mol. The molecule has 0 fully saturated rings. The molecular formula is C7H16O5. The summed E-state index contributed by atoms with van der Waals surface area (Å²) in [4.78, 5) is 8.56. The molecular weight excluding hydrogens is 164 g/mol. The van der Waals surface area contributed by atoms with Gasteiger partial charge in [0, 0.05) is 13.2 Å². The van der Waals surface area contributed by atoms with Gasteiger partial charge in [-0.3, -0.25) is 0 Å². The van der Waals surface area contributed by atoms with Gasteiger partial charge in [0.25, 0.3) is 0 Å². The number of rotatable bonds is 4. The predicted molar refractivity (Wildman–Crippen MR) is 43.2 cm³/mol. The van der Waals surface area contributed by atoms with Gasteiger partial charge in [0.1, 0.15) is 0 Å². The van der Waals surface area contributed by atoms with Crippen LogP contribution in [0.1, 0.15) is 19.8 Å². The van der Waals surface area contributed by atoms with Crippen LogP contribution in [0.4, 0.5) is 4.79 Å². The SMILES string of the molecule is CC(CCO)CCO.O=C(O)O. The Morgan fingerprint density at radius 2 is 1.42 bits per heavy atom. The van der Waals surface area contributed by atoms with Crippen molar-refractivity contribution in [3.05, 3.63) is 0 Å².